The third-order valence-electron chi connectivity index (χ3n) is 5.00. The molecule has 0 bridgehead atoms. The third-order valence-corrected chi connectivity index (χ3v) is 5.00. The topological polar surface area (TPSA) is 76.5 Å². The summed E-state index contributed by atoms with van der Waals surface area (Å²) in [6, 6.07) is 3.13. The van der Waals surface area contributed by atoms with Crippen molar-refractivity contribution in [2.24, 2.45) is 0 Å². The highest BCUT2D eigenvalue weighted by molar-refractivity contribution is 6.03. The number of hydrogen-bond donors (Lipinski definition) is 1. The monoisotopic (exact) mass is 390 g/mol. The Balaban J connectivity index is 1.63. The first kappa shape index (κ1) is 18.5. The SMILES string of the molecule is O=C(Nc1ccc(F)c(F)c1)c1nc(C(=O)N2CCOCC2)c2n1CCCC2. The molecule has 0 radical (unpaired) electrons. The molecule has 2 aromatic rings. The van der Waals surface area contributed by atoms with Gasteiger partial charge in [-0.15, -0.1) is 0 Å². The second kappa shape index (κ2) is 7.67. The number of benzene rings is 1. The fourth-order valence-electron chi connectivity index (χ4n) is 3.56. The largest absolute Gasteiger partial charge is 0.378 e. The molecule has 0 saturated carbocycles. The molecule has 1 fully saturated rings. The van der Waals surface area contributed by atoms with Crippen LogP contribution in [0, 0.1) is 11.6 Å². The quantitative estimate of drug-likeness (QED) is 0.872. The predicted molar refractivity (Wildman–Crippen MR) is 96.2 cm³/mol. The van der Waals surface area contributed by atoms with Gasteiger partial charge in [0.1, 0.15) is 5.69 Å². The van der Waals surface area contributed by atoms with Crippen LogP contribution in [0.2, 0.25) is 0 Å². The average Bonchev–Trinajstić information content (AvgIpc) is 3.11. The molecule has 4 rings (SSSR count). The van der Waals surface area contributed by atoms with Gasteiger partial charge in [0.25, 0.3) is 11.8 Å². The lowest BCUT2D eigenvalue weighted by atomic mass is 10.1. The normalized spacial score (nSPS) is 16.6. The van der Waals surface area contributed by atoms with E-state index in [1.807, 2.05) is 0 Å². The van der Waals surface area contributed by atoms with Crippen LogP contribution in [0.5, 0.6) is 0 Å². The Hall–Kier alpha value is -2.81. The van der Waals surface area contributed by atoms with Crippen molar-refractivity contribution in [1.29, 1.82) is 0 Å². The van der Waals surface area contributed by atoms with Crippen LogP contribution in [-0.4, -0.2) is 52.6 Å². The summed E-state index contributed by atoms with van der Waals surface area (Å²) < 4.78 is 33.6. The molecule has 7 nitrogen and oxygen atoms in total. The van der Waals surface area contributed by atoms with E-state index in [2.05, 4.69) is 10.3 Å². The number of rotatable bonds is 3. The van der Waals surface area contributed by atoms with Gasteiger partial charge in [0.2, 0.25) is 0 Å². The third kappa shape index (κ3) is 3.49. The number of amides is 2. The van der Waals surface area contributed by atoms with Crippen molar-refractivity contribution < 1.29 is 23.1 Å². The van der Waals surface area contributed by atoms with Crippen LogP contribution >= 0.6 is 0 Å². The molecule has 1 aromatic heterocycles. The zero-order chi connectivity index (χ0) is 19.7. The fourth-order valence-corrected chi connectivity index (χ4v) is 3.56. The Morgan fingerprint density at radius 1 is 1.07 bits per heavy atom. The van der Waals surface area contributed by atoms with Crippen LogP contribution in [0.3, 0.4) is 0 Å². The molecular weight excluding hydrogens is 370 g/mol. The number of anilines is 1. The van der Waals surface area contributed by atoms with Gasteiger partial charge in [0.05, 0.1) is 18.9 Å². The summed E-state index contributed by atoms with van der Waals surface area (Å²) >= 11 is 0. The molecule has 0 atom stereocenters. The Bertz CT molecular complexity index is 922. The number of morpholine rings is 1. The minimum atomic E-state index is -1.05. The molecular formula is C19H20F2N4O3. The number of ether oxygens (including phenoxy) is 1. The zero-order valence-corrected chi connectivity index (χ0v) is 15.2. The highest BCUT2D eigenvalue weighted by Crippen LogP contribution is 2.23. The van der Waals surface area contributed by atoms with E-state index < -0.39 is 17.5 Å². The Kier molecular flexibility index (Phi) is 5.08. The maximum atomic E-state index is 13.4. The Morgan fingerprint density at radius 2 is 1.86 bits per heavy atom. The number of nitrogens with zero attached hydrogens (tertiary/aromatic N) is 3. The number of carbonyl (C=O) groups excluding carboxylic acids is 2. The molecule has 1 aromatic carbocycles. The maximum Gasteiger partial charge on any atom is 0.291 e. The van der Waals surface area contributed by atoms with Crippen molar-refractivity contribution in [1.82, 2.24) is 14.5 Å². The van der Waals surface area contributed by atoms with E-state index in [1.54, 1.807) is 9.47 Å². The number of fused-ring (bicyclic) bond motifs is 1. The zero-order valence-electron chi connectivity index (χ0n) is 15.2. The minimum absolute atomic E-state index is 0.107. The van der Waals surface area contributed by atoms with Crippen molar-refractivity contribution in [3.63, 3.8) is 0 Å². The molecule has 0 aliphatic carbocycles. The summed E-state index contributed by atoms with van der Waals surface area (Å²) in [5.74, 6) is -2.70. The lowest BCUT2D eigenvalue weighted by Gasteiger charge is -2.26. The number of halogens is 2. The lowest BCUT2D eigenvalue weighted by molar-refractivity contribution is 0.0298. The van der Waals surface area contributed by atoms with E-state index in [0.29, 0.717) is 39.3 Å². The first-order valence-corrected chi connectivity index (χ1v) is 9.27. The average molecular weight is 390 g/mol. The maximum absolute atomic E-state index is 13.4. The molecule has 1 N–H and O–H groups in total. The van der Waals surface area contributed by atoms with Crippen molar-refractivity contribution in [3.8, 4) is 0 Å². The highest BCUT2D eigenvalue weighted by Gasteiger charge is 2.30. The first-order chi connectivity index (χ1) is 13.5. The van der Waals surface area contributed by atoms with Crippen LogP contribution in [-0.2, 0) is 17.7 Å². The number of hydrogen-bond acceptors (Lipinski definition) is 4. The number of imidazole rings is 1. The summed E-state index contributed by atoms with van der Waals surface area (Å²) in [5.41, 5.74) is 1.16. The molecule has 0 unspecified atom stereocenters. The van der Waals surface area contributed by atoms with Crippen LogP contribution in [0.1, 0.15) is 39.6 Å². The van der Waals surface area contributed by atoms with Crippen molar-refractivity contribution >= 4 is 17.5 Å². The van der Waals surface area contributed by atoms with E-state index >= 15 is 0 Å². The summed E-state index contributed by atoms with van der Waals surface area (Å²) in [4.78, 5) is 31.7. The van der Waals surface area contributed by atoms with E-state index in [4.69, 9.17) is 4.74 Å². The van der Waals surface area contributed by atoms with Gasteiger partial charge in [0.15, 0.2) is 17.5 Å². The molecule has 1 saturated heterocycles. The number of aromatic nitrogens is 2. The lowest BCUT2D eigenvalue weighted by Crippen LogP contribution is -2.41. The van der Waals surface area contributed by atoms with Crippen molar-refractivity contribution in [2.45, 2.75) is 25.8 Å². The van der Waals surface area contributed by atoms with E-state index in [-0.39, 0.29) is 23.1 Å². The van der Waals surface area contributed by atoms with Crippen LogP contribution in [0.25, 0.3) is 0 Å². The van der Waals surface area contributed by atoms with Crippen LogP contribution < -0.4 is 5.32 Å². The first-order valence-electron chi connectivity index (χ1n) is 9.27. The van der Waals surface area contributed by atoms with Crippen molar-refractivity contribution in [2.75, 3.05) is 31.6 Å². The van der Waals surface area contributed by atoms with Gasteiger partial charge in [-0.2, -0.15) is 0 Å². The Labute approximate surface area is 160 Å². The van der Waals surface area contributed by atoms with Crippen LogP contribution in [0.4, 0.5) is 14.5 Å². The number of nitrogens with one attached hydrogen (secondary N) is 1. The van der Waals surface area contributed by atoms with Gasteiger partial charge < -0.3 is 19.5 Å². The second-order valence-electron chi connectivity index (χ2n) is 6.83. The summed E-state index contributed by atoms with van der Waals surface area (Å²) in [5, 5.41) is 2.53. The number of carbonyl (C=O) groups is 2. The summed E-state index contributed by atoms with van der Waals surface area (Å²) in [6.45, 7) is 2.51. The van der Waals surface area contributed by atoms with E-state index in [1.165, 1.54) is 6.07 Å². The smallest absolute Gasteiger partial charge is 0.291 e. The van der Waals surface area contributed by atoms with E-state index in [0.717, 1.165) is 30.7 Å². The van der Waals surface area contributed by atoms with Gasteiger partial charge in [0, 0.05) is 31.4 Å². The summed E-state index contributed by atoms with van der Waals surface area (Å²) in [7, 11) is 0. The molecule has 0 spiro atoms. The Morgan fingerprint density at radius 3 is 2.61 bits per heavy atom. The molecule has 28 heavy (non-hydrogen) atoms. The molecule has 2 aliphatic rings. The molecule has 9 heteroatoms. The van der Waals surface area contributed by atoms with Gasteiger partial charge in [-0.3, -0.25) is 9.59 Å². The molecule has 2 amide bonds. The minimum Gasteiger partial charge on any atom is -0.378 e. The highest BCUT2D eigenvalue weighted by atomic mass is 19.2. The van der Waals surface area contributed by atoms with Crippen LogP contribution in [0.15, 0.2) is 18.2 Å². The van der Waals surface area contributed by atoms with Gasteiger partial charge in [-0.25, -0.2) is 13.8 Å². The standard InChI is InChI=1S/C19H20F2N4O3/c20-13-5-4-12(11-14(13)21)22-18(26)17-23-16(15-3-1-2-6-25(15)17)19(27)24-7-9-28-10-8-24/h4-5,11H,1-3,6-10H2,(H,22,26). The molecule has 2 aliphatic heterocycles. The van der Waals surface area contributed by atoms with Gasteiger partial charge in [-0.1, -0.05) is 0 Å². The van der Waals surface area contributed by atoms with Crippen molar-refractivity contribution in [3.05, 3.63) is 47.0 Å². The summed E-state index contributed by atoms with van der Waals surface area (Å²) in [6.07, 6.45) is 2.45. The molecule has 3 heterocycles. The van der Waals surface area contributed by atoms with E-state index in [9.17, 15) is 18.4 Å². The fraction of sp³-hybridized carbons (Fsp3) is 0.421. The molecule has 148 valence electrons. The second-order valence-corrected chi connectivity index (χ2v) is 6.83. The van der Waals surface area contributed by atoms with Gasteiger partial charge >= 0.3 is 0 Å². The predicted octanol–water partition coefficient (Wildman–Crippen LogP) is 2.22. The van der Waals surface area contributed by atoms with Gasteiger partial charge in [-0.05, 0) is 31.4 Å².